The summed E-state index contributed by atoms with van der Waals surface area (Å²) >= 11 is 0. The highest BCUT2D eigenvalue weighted by Crippen LogP contribution is 2.32. The normalized spacial score (nSPS) is 14.1. The summed E-state index contributed by atoms with van der Waals surface area (Å²) in [5.41, 5.74) is 7.00. The van der Waals surface area contributed by atoms with Gasteiger partial charge in [0, 0.05) is 12.6 Å². The van der Waals surface area contributed by atoms with Crippen LogP contribution in [-0.2, 0) is 17.8 Å². The van der Waals surface area contributed by atoms with Gasteiger partial charge in [-0.1, -0.05) is 11.3 Å². The van der Waals surface area contributed by atoms with Crippen molar-refractivity contribution < 1.29 is 19.4 Å². The maximum Gasteiger partial charge on any atom is 0.320 e. The molecule has 8 nitrogen and oxygen atoms in total. The van der Waals surface area contributed by atoms with E-state index >= 15 is 0 Å². The zero-order chi connectivity index (χ0) is 14.8. The van der Waals surface area contributed by atoms with Gasteiger partial charge >= 0.3 is 5.97 Å². The number of rotatable bonds is 5. The van der Waals surface area contributed by atoms with Crippen molar-refractivity contribution in [3.8, 4) is 11.5 Å². The highest BCUT2D eigenvalue weighted by atomic mass is 16.7. The maximum atomic E-state index is 10.7. The molecule has 1 aromatic carbocycles. The number of carboxylic acids is 1. The van der Waals surface area contributed by atoms with Crippen LogP contribution in [0.2, 0.25) is 0 Å². The Morgan fingerprint density at radius 1 is 1.43 bits per heavy atom. The zero-order valence-corrected chi connectivity index (χ0v) is 11.1. The van der Waals surface area contributed by atoms with Gasteiger partial charge in [0.25, 0.3) is 0 Å². The van der Waals surface area contributed by atoms with Crippen LogP contribution in [-0.4, -0.2) is 38.9 Å². The number of fused-ring (bicyclic) bond motifs is 1. The Morgan fingerprint density at radius 2 is 2.24 bits per heavy atom. The van der Waals surface area contributed by atoms with Crippen LogP contribution >= 0.6 is 0 Å². The predicted octanol–water partition coefficient (Wildman–Crippen LogP) is 0.00950. The van der Waals surface area contributed by atoms with E-state index < -0.39 is 12.0 Å². The second-order valence-electron chi connectivity index (χ2n) is 4.74. The van der Waals surface area contributed by atoms with E-state index in [-0.39, 0.29) is 13.2 Å². The fraction of sp³-hybridized carbons (Fsp3) is 0.308. The second kappa shape index (κ2) is 5.41. The Morgan fingerprint density at radius 3 is 3.05 bits per heavy atom. The summed E-state index contributed by atoms with van der Waals surface area (Å²) < 4.78 is 12.2. The number of carboxylic acid groups (broad SMARTS) is 1. The van der Waals surface area contributed by atoms with Crippen LogP contribution < -0.4 is 15.2 Å². The summed E-state index contributed by atoms with van der Waals surface area (Å²) in [6.07, 6.45) is 1.84. The lowest BCUT2D eigenvalue weighted by Gasteiger charge is -2.03. The number of aromatic nitrogens is 3. The third-order valence-electron chi connectivity index (χ3n) is 3.11. The first-order valence-corrected chi connectivity index (χ1v) is 6.38. The molecule has 0 radical (unpaired) electrons. The van der Waals surface area contributed by atoms with Crippen molar-refractivity contribution >= 4 is 5.97 Å². The first-order chi connectivity index (χ1) is 10.1. The number of carbonyl (C=O) groups is 1. The smallest absolute Gasteiger partial charge is 0.320 e. The molecule has 2 heterocycles. The second-order valence-corrected chi connectivity index (χ2v) is 4.74. The van der Waals surface area contributed by atoms with Crippen LogP contribution in [0.5, 0.6) is 11.5 Å². The van der Waals surface area contributed by atoms with Crippen molar-refractivity contribution in [1.82, 2.24) is 15.0 Å². The van der Waals surface area contributed by atoms with Crippen LogP contribution in [0.4, 0.5) is 0 Å². The minimum atomic E-state index is -1.06. The average Bonchev–Trinajstić information content (AvgIpc) is 3.07. The van der Waals surface area contributed by atoms with Gasteiger partial charge in [0.1, 0.15) is 6.04 Å². The van der Waals surface area contributed by atoms with Crippen molar-refractivity contribution in [1.29, 1.82) is 0 Å². The van der Waals surface area contributed by atoms with Crippen LogP contribution in [0.1, 0.15) is 11.3 Å². The highest BCUT2D eigenvalue weighted by Gasteiger charge is 2.16. The number of nitrogens with zero attached hydrogens (tertiary/aromatic N) is 3. The molecular formula is C13H14N4O4. The molecule has 1 unspecified atom stereocenters. The molecule has 21 heavy (non-hydrogen) atoms. The topological polar surface area (TPSA) is 112 Å². The third-order valence-corrected chi connectivity index (χ3v) is 3.11. The first kappa shape index (κ1) is 13.4. The van der Waals surface area contributed by atoms with Crippen molar-refractivity contribution in [3.63, 3.8) is 0 Å². The molecule has 0 amide bonds. The number of aliphatic carboxylic acids is 1. The maximum absolute atomic E-state index is 10.7. The SMILES string of the molecule is NC(Cc1cn(Cc2ccc3c(c2)OCO3)nn1)C(=O)O. The predicted molar refractivity (Wildman–Crippen MR) is 71.0 cm³/mol. The molecule has 3 N–H and O–H groups in total. The van der Waals surface area contributed by atoms with Gasteiger partial charge in [0.15, 0.2) is 11.5 Å². The molecular weight excluding hydrogens is 276 g/mol. The number of hydrogen-bond acceptors (Lipinski definition) is 6. The minimum absolute atomic E-state index is 0.149. The van der Waals surface area contributed by atoms with Gasteiger partial charge in [-0.05, 0) is 17.7 Å². The summed E-state index contributed by atoms with van der Waals surface area (Å²) in [5.74, 6) is 0.381. The lowest BCUT2D eigenvalue weighted by atomic mass is 10.2. The summed E-state index contributed by atoms with van der Waals surface area (Å²) in [5, 5.41) is 16.7. The van der Waals surface area contributed by atoms with Crippen molar-refractivity contribution in [2.24, 2.45) is 5.73 Å². The molecule has 1 aliphatic rings. The van der Waals surface area contributed by atoms with Gasteiger partial charge in [-0.3, -0.25) is 4.79 Å². The van der Waals surface area contributed by atoms with Gasteiger partial charge in [-0.15, -0.1) is 5.10 Å². The molecule has 0 fully saturated rings. The van der Waals surface area contributed by atoms with E-state index in [4.69, 9.17) is 20.3 Å². The minimum Gasteiger partial charge on any atom is -0.480 e. The molecule has 0 aliphatic carbocycles. The van der Waals surface area contributed by atoms with Gasteiger partial charge in [-0.2, -0.15) is 0 Å². The first-order valence-electron chi connectivity index (χ1n) is 6.38. The summed E-state index contributed by atoms with van der Waals surface area (Å²) in [6, 6.07) is 4.67. The number of hydrogen-bond donors (Lipinski definition) is 2. The monoisotopic (exact) mass is 290 g/mol. The molecule has 110 valence electrons. The Hall–Kier alpha value is -2.61. The van der Waals surface area contributed by atoms with E-state index in [1.54, 1.807) is 10.9 Å². The molecule has 0 spiro atoms. The molecule has 0 saturated carbocycles. The fourth-order valence-corrected chi connectivity index (χ4v) is 2.05. The largest absolute Gasteiger partial charge is 0.480 e. The van der Waals surface area contributed by atoms with Crippen LogP contribution in [0.25, 0.3) is 0 Å². The average molecular weight is 290 g/mol. The number of benzene rings is 1. The zero-order valence-electron chi connectivity index (χ0n) is 11.1. The third kappa shape index (κ3) is 2.95. The van der Waals surface area contributed by atoms with Crippen LogP contribution in [0.3, 0.4) is 0 Å². The van der Waals surface area contributed by atoms with E-state index in [1.807, 2.05) is 18.2 Å². The van der Waals surface area contributed by atoms with Gasteiger partial charge in [0.2, 0.25) is 6.79 Å². The van der Waals surface area contributed by atoms with Crippen molar-refractivity contribution in [2.45, 2.75) is 19.0 Å². The molecule has 8 heteroatoms. The molecule has 0 saturated heterocycles. The quantitative estimate of drug-likeness (QED) is 0.797. The Bertz CT molecular complexity index is 670. The summed E-state index contributed by atoms with van der Waals surface area (Å²) in [4.78, 5) is 10.7. The van der Waals surface area contributed by atoms with E-state index in [0.717, 1.165) is 11.3 Å². The van der Waals surface area contributed by atoms with E-state index in [9.17, 15) is 4.79 Å². The molecule has 1 aromatic heterocycles. The van der Waals surface area contributed by atoms with Gasteiger partial charge in [-0.25, -0.2) is 4.68 Å². The Labute approximate surface area is 120 Å². The fourth-order valence-electron chi connectivity index (χ4n) is 2.05. The molecule has 2 aromatic rings. The number of nitrogens with two attached hydrogens (primary N) is 1. The highest BCUT2D eigenvalue weighted by molar-refractivity contribution is 5.73. The van der Waals surface area contributed by atoms with Crippen LogP contribution in [0, 0.1) is 0 Å². The summed E-state index contributed by atoms with van der Waals surface area (Å²) in [6.45, 7) is 0.741. The van der Waals surface area contributed by atoms with Crippen molar-refractivity contribution in [2.75, 3.05) is 6.79 Å². The molecule has 1 atom stereocenters. The lowest BCUT2D eigenvalue weighted by Crippen LogP contribution is -2.32. The van der Waals surface area contributed by atoms with E-state index in [1.165, 1.54) is 0 Å². The van der Waals surface area contributed by atoms with Gasteiger partial charge < -0.3 is 20.3 Å². The molecule has 0 bridgehead atoms. The Balaban J connectivity index is 1.68. The number of ether oxygens (including phenoxy) is 2. The lowest BCUT2D eigenvalue weighted by molar-refractivity contribution is -0.138. The van der Waals surface area contributed by atoms with Crippen molar-refractivity contribution in [3.05, 3.63) is 35.7 Å². The molecule has 1 aliphatic heterocycles. The van der Waals surface area contributed by atoms with E-state index in [0.29, 0.717) is 18.0 Å². The Kier molecular flexibility index (Phi) is 3.44. The van der Waals surface area contributed by atoms with Crippen LogP contribution in [0.15, 0.2) is 24.4 Å². The summed E-state index contributed by atoms with van der Waals surface area (Å²) in [7, 11) is 0. The molecule has 3 rings (SSSR count). The standard InChI is InChI=1S/C13H14N4O4/c14-10(13(18)19)4-9-6-17(16-15-9)5-8-1-2-11-12(3-8)21-7-20-11/h1-3,6,10H,4-5,7,14H2,(H,18,19). The van der Waals surface area contributed by atoms with Gasteiger partial charge in [0.05, 0.1) is 12.2 Å². The van der Waals surface area contributed by atoms with E-state index in [2.05, 4.69) is 10.3 Å².